The molecule has 2 saturated heterocycles. The minimum atomic E-state index is -0.0268. The normalized spacial score (nSPS) is 21.9. The number of para-hydroxylation sites is 2. The second-order valence-electron chi connectivity index (χ2n) is 8.48. The minimum Gasteiger partial charge on any atom is -0.375 e. The number of H-pyrrole nitrogens is 1. The number of hydrogen-bond donors (Lipinski definition) is 1. The van der Waals surface area contributed by atoms with Crippen molar-refractivity contribution in [2.45, 2.75) is 64.0 Å². The largest absolute Gasteiger partial charge is 0.375 e. The summed E-state index contributed by atoms with van der Waals surface area (Å²) < 4.78 is 6.29. The van der Waals surface area contributed by atoms with E-state index in [1.165, 1.54) is 0 Å². The van der Waals surface area contributed by atoms with Gasteiger partial charge in [0.2, 0.25) is 5.91 Å². The average Bonchev–Trinajstić information content (AvgIpc) is 3.17. The van der Waals surface area contributed by atoms with E-state index >= 15 is 0 Å². The molecule has 1 aromatic carbocycles. The first kappa shape index (κ1) is 20.4. The maximum absolute atomic E-state index is 12.8. The molecule has 29 heavy (non-hydrogen) atoms. The van der Waals surface area contributed by atoms with Gasteiger partial charge in [-0.15, -0.1) is 0 Å². The van der Waals surface area contributed by atoms with Gasteiger partial charge in [-0.05, 0) is 50.9 Å². The molecule has 1 aromatic heterocycles. The summed E-state index contributed by atoms with van der Waals surface area (Å²) in [6, 6.07) is 8.62. The summed E-state index contributed by atoms with van der Waals surface area (Å²) in [5.41, 5.74) is 1.97. The zero-order chi connectivity index (χ0) is 20.3. The van der Waals surface area contributed by atoms with Crippen LogP contribution in [-0.4, -0.2) is 70.1 Å². The molecule has 158 valence electrons. The van der Waals surface area contributed by atoms with Crippen LogP contribution in [0.1, 0.15) is 51.8 Å². The van der Waals surface area contributed by atoms with Gasteiger partial charge in [-0.2, -0.15) is 0 Å². The van der Waals surface area contributed by atoms with Gasteiger partial charge < -0.3 is 19.5 Å². The molecule has 0 bridgehead atoms. The molecule has 1 spiro atoms. The van der Waals surface area contributed by atoms with Crippen LogP contribution in [0.3, 0.4) is 0 Å². The Morgan fingerprint density at radius 1 is 1.28 bits per heavy atom. The number of piperidine rings is 1. The predicted octanol–water partition coefficient (Wildman–Crippen LogP) is 3.38. The molecule has 3 heterocycles. The van der Waals surface area contributed by atoms with E-state index in [2.05, 4.69) is 28.7 Å². The standard InChI is InChI=1S/C23H34N4O2/c1-3-26(4-2)18-11-16-29-23(17-18)12-14-27(15-13-23)22(28)10-9-21-24-19-7-5-6-8-20(19)25-21/h5-8,18H,3-4,9-17H2,1-2H3,(H,24,25). The maximum Gasteiger partial charge on any atom is 0.223 e. The van der Waals surface area contributed by atoms with Gasteiger partial charge in [0, 0.05) is 38.6 Å². The number of rotatable bonds is 6. The molecule has 1 N–H and O–H groups in total. The third kappa shape index (κ3) is 4.48. The smallest absolute Gasteiger partial charge is 0.223 e. The maximum atomic E-state index is 12.8. The Bertz CT molecular complexity index is 788. The summed E-state index contributed by atoms with van der Waals surface area (Å²) in [5, 5.41) is 0. The molecule has 6 heteroatoms. The van der Waals surface area contributed by atoms with Gasteiger partial charge in [0.05, 0.1) is 16.6 Å². The molecule has 2 aliphatic heterocycles. The first-order valence-corrected chi connectivity index (χ1v) is 11.2. The molecule has 0 radical (unpaired) electrons. The van der Waals surface area contributed by atoms with Crippen molar-refractivity contribution in [3.8, 4) is 0 Å². The highest BCUT2D eigenvalue weighted by molar-refractivity contribution is 5.77. The number of carbonyl (C=O) groups is 1. The Balaban J connectivity index is 1.29. The third-order valence-electron chi connectivity index (χ3n) is 6.84. The minimum absolute atomic E-state index is 0.0268. The monoisotopic (exact) mass is 398 g/mol. The van der Waals surface area contributed by atoms with Crippen molar-refractivity contribution in [2.24, 2.45) is 0 Å². The average molecular weight is 399 g/mol. The number of benzene rings is 1. The molecule has 2 fully saturated rings. The number of aryl methyl sites for hydroxylation is 1. The first-order valence-electron chi connectivity index (χ1n) is 11.2. The van der Waals surface area contributed by atoms with Crippen molar-refractivity contribution in [3.05, 3.63) is 30.1 Å². The van der Waals surface area contributed by atoms with Crippen molar-refractivity contribution in [2.75, 3.05) is 32.8 Å². The number of ether oxygens (including phenoxy) is 1. The van der Waals surface area contributed by atoms with E-state index in [0.29, 0.717) is 18.9 Å². The van der Waals surface area contributed by atoms with E-state index in [9.17, 15) is 4.79 Å². The Morgan fingerprint density at radius 2 is 2.03 bits per heavy atom. The second-order valence-corrected chi connectivity index (χ2v) is 8.48. The van der Waals surface area contributed by atoms with E-state index in [4.69, 9.17) is 4.74 Å². The summed E-state index contributed by atoms with van der Waals surface area (Å²) in [4.78, 5) is 25.3. The fourth-order valence-corrected chi connectivity index (χ4v) is 5.07. The van der Waals surface area contributed by atoms with Gasteiger partial charge in [0.1, 0.15) is 5.82 Å². The Kier molecular flexibility index (Phi) is 6.20. The lowest BCUT2D eigenvalue weighted by Crippen LogP contribution is -2.54. The van der Waals surface area contributed by atoms with Gasteiger partial charge in [-0.1, -0.05) is 26.0 Å². The number of nitrogens with one attached hydrogen (secondary N) is 1. The molecule has 2 aromatic rings. The van der Waals surface area contributed by atoms with Gasteiger partial charge >= 0.3 is 0 Å². The van der Waals surface area contributed by atoms with Gasteiger partial charge in [0.25, 0.3) is 0 Å². The van der Waals surface area contributed by atoms with Crippen LogP contribution in [0, 0.1) is 0 Å². The van der Waals surface area contributed by atoms with E-state index in [0.717, 1.165) is 75.3 Å². The Hall–Kier alpha value is -1.92. The molecule has 1 amide bonds. The van der Waals surface area contributed by atoms with Crippen LogP contribution in [0.5, 0.6) is 0 Å². The molecule has 2 aliphatic rings. The highest BCUT2D eigenvalue weighted by Gasteiger charge is 2.42. The highest BCUT2D eigenvalue weighted by atomic mass is 16.5. The highest BCUT2D eigenvalue weighted by Crippen LogP contribution is 2.36. The van der Waals surface area contributed by atoms with Crippen molar-refractivity contribution >= 4 is 16.9 Å². The van der Waals surface area contributed by atoms with E-state index in [1.54, 1.807) is 0 Å². The molecular weight excluding hydrogens is 364 g/mol. The summed E-state index contributed by atoms with van der Waals surface area (Å²) >= 11 is 0. The number of nitrogens with zero attached hydrogens (tertiary/aromatic N) is 3. The summed E-state index contributed by atoms with van der Waals surface area (Å²) in [6.45, 7) is 9.16. The zero-order valence-corrected chi connectivity index (χ0v) is 17.8. The van der Waals surface area contributed by atoms with Crippen molar-refractivity contribution in [1.82, 2.24) is 19.8 Å². The van der Waals surface area contributed by atoms with Gasteiger partial charge in [0.15, 0.2) is 0 Å². The number of carbonyl (C=O) groups excluding carboxylic acids is 1. The summed E-state index contributed by atoms with van der Waals surface area (Å²) in [5.74, 6) is 1.13. The lowest BCUT2D eigenvalue weighted by molar-refractivity contribution is -0.149. The summed E-state index contributed by atoms with van der Waals surface area (Å²) in [7, 11) is 0. The molecule has 0 aliphatic carbocycles. The fourth-order valence-electron chi connectivity index (χ4n) is 5.07. The van der Waals surface area contributed by atoms with Gasteiger partial charge in [-0.25, -0.2) is 4.98 Å². The van der Waals surface area contributed by atoms with Crippen LogP contribution in [-0.2, 0) is 16.0 Å². The molecule has 1 unspecified atom stereocenters. The number of aromatic amines is 1. The second kappa shape index (κ2) is 8.84. The number of likely N-dealkylation sites (tertiary alicyclic amines) is 1. The molecule has 4 rings (SSSR count). The Labute approximate surface area is 173 Å². The van der Waals surface area contributed by atoms with E-state index < -0.39 is 0 Å². The van der Waals surface area contributed by atoms with Crippen molar-refractivity contribution in [1.29, 1.82) is 0 Å². The third-order valence-corrected chi connectivity index (χ3v) is 6.84. The lowest BCUT2D eigenvalue weighted by Gasteiger charge is -2.48. The number of fused-ring (bicyclic) bond motifs is 1. The van der Waals surface area contributed by atoms with Crippen LogP contribution in [0.15, 0.2) is 24.3 Å². The van der Waals surface area contributed by atoms with Crippen LogP contribution in [0.4, 0.5) is 0 Å². The number of amides is 1. The summed E-state index contributed by atoms with van der Waals surface area (Å²) in [6.07, 6.45) is 5.33. The first-order chi connectivity index (χ1) is 14.1. The van der Waals surface area contributed by atoms with E-state index in [-0.39, 0.29) is 11.5 Å². The number of imidazole rings is 1. The number of aromatic nitrogens is 2. The molecule has 1 atom stereocenters. The molecular formula is C23H34N4O2. The topological polar surface area (TPSA) is 61.5 Å². The van der Waals surface area contributed by atoms with Crippen LogP contribution < -0.4 is 0 Å². The van der Waals surface area contributed by atoms with E-state index in [1.807, 2.05) is 29.2 Å². The van der Waals surface area contributed by atoms with Crippen LogP contribution >= 0.6 is 0 Å². The quantitative estimate of drug-likeness (QED) is 0.810. The molecule has 0 saturated carbocycles. The van der Waals surface area contributed by atoms with Gasteiger partial charge in [-0.3, -0.25) is 4.79 Å². The fraction of sp³-hybridized carbons (Fsp3) is 0.652. The van der Waals surface area contributed by atoms with Crippen LogP contribution in [0.25, 0.3) is 11.0 Å². The predicted molar refractivity (Wildman–Crippen MR) is 115 cm³/mol. The van der Waals surface area contributed by atoms with Crippen molar-refractivity contribution in [3.63, 3.8) is 0 Å². The van der Waals surface area contributed by atoms with Crippen molar-refractivity contribution < 1.29 is 9.53 Å². The Morgan fingerprint density at radius 3 is 2.76 bits per heavy atom. The zero-order valence-electron chi connectivity index (χ0n) is 17.8. The molecule has 6 nitrogen and oxygen atoms in total. The lowest BCUT2D eigenvalue weighted by atomic mass is 9.81. The SMILES string of the molecule is CCN(CC)C1CCOC2(CCN(C(=O)CCc3nc4ccccc4[nH]3)CC2)C1. The van der Waals surface area contributed by atoms with Crippen LogP contribution in [0.2, 0.25) is 0 Å². The number of hydrogen-bond acceptors (Lipinski definition) is 4.